The Morgan fingerprint density at radius 3 is 2.59 bits per heavy atom. The molecular formula is C12H17FN2O2. The molecule has 0 aromatic heterocycles. The van der Waals surface area contributed by atoms with Gasteiger partial charge in [-0.15, -0.1) is 0 Å². The third kappa shape index (κ3) is 3.69. The Morgan fingerprint density at radius 2 is 2.06 bits per heavy atom. The number of benzene rings is 1. The van der Waals surface area contributed by atoms with Crippen LogP contribution in [-0.2, 0) is 0 Å². The number of nitro benzene ring substituents is 1. The van der Waals surface area contributed by atoms with E-state index in [1.54, 1.807) is 0 Å². The maximum Gasteiger partial charge on any atom is 0.274 e. The molecule has 94 valence electrons. The third-order valence-corrected chi connectivity index (χ3v) is 2.99. The number of rotatable bonds is 5. The predicted octanol–water partition coefficient (Wildman–Crippen LogP) is 3.58. The first-order chi connectivity index (χ1) is 7.93. The molecule has 0 aliphatic heterocycles. The van der Waals surface area contributed by atoms with Gasteiger partial charge in [-0.3, -0.25) is 10.1 Å². The number of halogens is 1. The van der Waals surface area contributed by atoms with E-state index in [-0.39, 0.29) is 11.7 Å². The molecule has 0 saturated heterocycles. The number of nitrogens with zero attached hydrogens (tertiary/aromatic N) is 1. The van der Waals surface area contributed by atoms with Gasteiger partial charge in [0.25, 0.3) is 5.69 Å². The van der Waals surface area contributed by atoms with Crippen molar-refractivity contribution >= 4 is 11.4 Å². The van der Waals surface area contributed by atoms with Crippen LogP contribution in [0.2, 0.25) is 0 Å². The van der Waals surface area contributed by atoms with E-state index in [1.807, 2.05) is 6.92 Å². The Hall–Kier alpha value is -1.65. The van der Waals surface area contributed by atoms with Gasteiger partial charge in [-0.1, -0.05) is 20.3 Å². The molecule has 0 bridgehead atoms. The Labute approximate surface area is 100.0 Å². The van der Waals surface area contributed by atoms with E-state index in [0.29, 0.717) is 11.6 Å². The molecule has 2 unspecified atom stereocenters. The van der Waals surface area contributed by atoms with Gasteiger partial charge in [0.1, 0.15) is 5.82 Å². The van der Waals surface area contributed by atoms with E-state index in [0.717, 1.165) is 12.5 Å². The van der Waals surface area contributed by atoms with Gasteiger partial charge in [0.15, 0.2) is 0 Å². The molecule has 17 heavy (non-hydrogen) atoms. The lowest BCUT2D eigenvalue weighted by molar-refractivity contribution is -0.385. The summed E-state index contributed by atoms with van der Waals surface area (Å²) in [7, 11) is 0. The van der Waals surface area contributed by atoms with Crippen LogP contribution in [0.5, 0.6) is 0 Å². The summed E-state index contributed by atoms with van der Waals surface area (Å²) < 4.78 is 13.2. The minimum Gasteiger partial charge on any atom is -0.382 e. The largest absolute Gasteiger partial charge is 0.382 e. The van der Waals surface area contributed by atoms with Gasteiger partial charge in [-0.05, 0) is 18.9 Å². The number of nitro groups is 1. The molecule has 2 atom stereocenters. The zero-order chi connectivity index (χ0) is 13.0. The maximum atomic E-state index is 13.2. The molecule has 5 heteroatoms. The number of nitrogens with one attached hydrogen (secondary N) is 1. The van der Waals surface area contributed by atoms with Crippen molar-refractivity contribution in [3.8, 4) is 0 Å². The normalized spacial score (nSPS) is 14.1. The van der Waals surface area contributed by atoms with Gasteiger partial charge in [-0.25, -0.2) is 4.39 Å². The Morgan fingerprint density at radius 1 is 1.41 bits per heavy atom. The summed E-state index contributed by atoms with van der Waals surface area (Å²) in [5.74, 6) is -0.185. The van der Waals surface area contributed by atoms with E-state index in [4.69, 9.17) is 0 Å². The Bertz CT molecular complexity index is 409. The summed E-state index contributed by atoms with van der Waals surface area (Å²) in [5.41, 5.74) is 0.216. The summed E-state index contributed by atoms with van der Waals surface area (Å²) in [4.78, 5) is 10.00. The fraction of sp³-hybridized carbons (Fsp3) is 0.500. The maximum absolute atomic E-state index is 13.2. The average molecular weight is 240 g/mol. The minimum absolute atomic E-state index is 0.140. The molecule has 0 saturated carbocycles. The van der Waals surface area contributed by atoms with E-state index < -0.39 is 10.7 Å². The SMILES string of the molecule is CCC(C)C(C)Nc1cc(F)cc([N+](=O)[O-])c1. The van der Waals surface area contributed by atoms with Crippen LogP contribution in [0, 0.1) is 21.8 Å². The van der Waals surface area contributed by atoms with Crippen LogP contribution in [0.4, 0.5) is 15.8 Å². The molecular weight excluding hydrogens is 223 g/mol. The predicted molar refractivity (Wildman–Crippen MR) is 65.6 cm³/mol. The molecule has 0 aliphatic rings. The lowest BCUT2D eigenvalue weighted by Gasteiger charge is -2.20. The van der Waals surface area contributed by atoms with Gasteiger partial charge < -0.3 is 5.32 Å². The van der Waals surface area contributed by atoms with Crippen molar-refractivity contribution in [2.75, 3.05) is 5.32 Å². The lowest BCUT2D eigenvalue weighted by Crippen LogP contribution is -2.23. The summed E-state index contributed by atoms with van der Waals surface area (Å²) in [6.45, 7) is 6.12. The van der Waals surface area contributed by atoms with Gasteiger partial charge in [0, 0.05) is 17.8 Å². The first-order valence-corrected chi connectivity index (χ1v) is 5.65. The van der Waals surface area contributed by atoms with Crippen molar-refractivity contribution in [1.29, 1.82) is 0 Å². The number of non-ortho nitro benzene ring substituents is 1. The smallest absolute Gasteiger partial charge is 0.274 e. The highest BCUT2D eigenvalue weighted by atomic mass is 19.1. The van der Waals surface area contributed by atoms with Gasteiger partial charge in [0.05, 0.1) is 11.0 Å². The van der Waals surface area contributed by atoms with Crippen LogP contribution in [-0.4, -0.2) is 11.0 Å². The molecule has 1 aromatic carbocycles. The molecule has 1 rings (SSSR count). The highest BCUT2D eigenvalue weighted by molar-refractivity contribution is 5.52. The average Bonchev–Trinajstić information content (AvgIpc) is 2.26. The third-order valence-electron chi connectivity index (χ3n) is 2.99. The monoisotopic (exact) mass is 240 g/mol. The molecule has 1 N–H and O–H groups in total. The minimum atomic E-state index is -0.599. The van der Waals surface area contributed by atoms with Crippen LogP contribution in [0.25, 0.3) is 0 Å². The van der Waals surface area contributed by atoms with Crippen LogP contribution in [0.1, 0.15) is 27.2 Å². The van der Waals surface area contributed by atoms with Gasteiger partial charge >= 0.3 is 0 Å². The van der Waals surface area contributed by atoms with Crippen molar-refractivity contribution in [2.45, 2.75) is 33.2 Å². The standard InChI is InChI=1S/C12H17FN2O2/c1-4-8(2)9(3)14-11-5-10(13)6-12(7-11)15(16)17/h5-9,14H,4H2,1-3H3. The van der Waals surface area contributed by atoms with Crippen molar-refractivity contribution in [1.82, 2.24) is 0 Å². The zero-order valence-electron chi connectivity index (χ0n) is 10.2. The number of hydrogen-bond acceptors (Lipinski definition) is 3. The summed E-state index contributed by atoms with van der Waals surface area (Å²) in [5, 5.41) is 13.7. The van der Waals surface area contributed by atoms with Crippen molar-refractivity contribution in [3.63, 3.8) is 0 Å². The van der Waals surface area contributed by atoms with Gasteiger partial charge in [0.2, 0.25) is 0 Å². The van der Waals surface area contributed by atoms with Crippen LogP contribution in [0.3, 0.4) is 0 Å². The highest BCUT2D eigenvalue weighted by Crippen LogP contribution is 2.22. The van der Waals surface area contributed by atoms with E-state index in [9.17, 15) is 14.5 Å². The first-order valence-electron chi connectivity index (χ1n) is 5.65. The van der Waals surface area contributed by atoms with E-state index in [1.165, 1.54) is 12.1 Å². The van der Waals surface area contributed by atoms with E-state index >= 15 is 0 Å². The molecule has 0 fully saturated rings. The van der Waals surface area contributed by atoms with E-state index in [2.05, 4.69) is 19.2 Å². The zero-order valence-corrected chi connectivity index (χ0v) is 10.2. The second kappa shape index (κ2) is 5.61. The van der Waals surface area contributed by atoms with Gasteiger partial charge in [-0.2, -0.15) is 0 Å². The Balaban J connectivity index is 2.87. The highest BCUT2D eigenvalue weighted by Gasteiger charge is 2.13. The molecule has 0 radical (unpaired) electrons. The second-order valence-corrected chi connectivity index (χ2v) is 4.27. The fourth-order valence-corrected chi connectivity index (χ4v) is 1.52. The second-order valence-electron chi connectivity index (χ2n) is 4.27. The van der Waals surface area contributed by atoms with Crippen LogP contribution in [0.15, 0.2) is 18.2 Å². The molecule has 4 nitrogen and oxygen atoms in total. The quantitative estimate of drug-likeness (QED) is 0.632. The molecule has 1 aromatic rings. The summed E-state index contributed by atoms with van der Waals surface area (Å²) >= 11 is 0. The van der Waals surface area contributed by atoms with Crippen LogP contribution < -0.4 is 5.32 Å². The summed E-state index contributed by atoms with van der Waals surface area (Å²) in [6, 6.07) is 3.67. The summed E-state index contributed by atoms with van der Waals surface area (Å²) in [6.07, 6.45) is 0.992. The molecule has 0 aliphatic carbocycles. The molecule has 0 amide bonds. The molecule has 0 heterocycles. The fourth-order valence-electron chi connectivity index (χ4n) is 1.52. The van der Waals surface area contributed by atoms with Crippen molar-refractivity contribution in [2.24, 2.45) is 5.92 Å². The first kappa shape index (κ1) is 13.4. The lowest BCUT2D eigenvalue weighted by atomic mass is 10.0. The van der Waals surface area contributed by atoms with Crippen molar-refractivity contribution < 1.29 is 9.31 Å². The van der Waals surface area contributed by atoms with Crippen LogP contribution >= 0.6 is 0 Å². The number of anilines is 1. The number of hydrogen-bond donors (Lipinski definition) is 1. The molecule has 0 spiro atoms. The van der Waals surface area contributed by atoms with Crippen molar-refractivity contribution in [3.05, 3.63) is 34.1 Å². The topological polar surface area (TPSA) is 55.2 Å². The Kier molecular flexibility index (Phi) is 4.43.